The predicted octanol–water partition coefficient (Wildman–Crippen LogP) is -0.805. The van der Waals surface area contributed by atoms with Crippen molar-refractivity contribution in [2.75, 3.05) is 12.0 Å². The van der Waals surface area contributed by atoms with Crippen molar-refractivity contribution in [3.05, 3.63) is 54.1 Å². The molecule has 13 heteroatoms. The van der Waals surface area contributed by atoms with Crippen molar-refractivity contribution in [2.24, 2.45) is 5.73 Å². The maximum absolute atomic E-state index is 13.3. The number of hydrogen-bond acceptors (Lipinski definition) is 8. The number of rotatable bonds is 15. The number of carboxylic acid groups (broad SMARTS) is 1. The first kappa shape index (κ1) is 29.8. The number of nitrogens with zero attached hydrogens (tertiary/aromatic N) is 1. The van der Waals surface area contributed by atoms with Gasteiger partial charge in [-0.05, 0) is 37.3 Å². The van der Waals surface area contributed by atoms with E-state index >= 15 is 0 Å². The van der Waals surface area contributed by atoms with E-state index < -0.39 is 54.0 Å². The second kappa shape index (κ2) is 15.0. The Labute approximate surface area is 219 Å². The molecule has 5 atom stereocenters. The summed E-state index contributed by atoms with van der Waals surface area (Å²) in [7, 11) is 0. The number of nitrogens with two attached hydrogens (primary N) is 1. The largest absolute Gasteiger partial charge is 0.480 e. The third-order valence-electron chi connectivity index (χ3n) is 5.54. The summed E-state index contributed by atoms with van der Waals surface area (Å²) in [5, 5.41) is 26.5. The number of nitrogens with one attached hydrogen (secondary N) is 4. The molecule has 12 nitrogen and oxygen atoms in total. The van der Waals surface area contributed by atoms with Gasteiger partial charge in [0.15, 0.2) is 6.04 Å². The van der Waals surface area contributed by atoms with Crippen LogP contribution in [0, 0.1) is 0 Å². The van der Waals surface area contributed by atoms with E-state index in [4.69, 9.17) is 5.73 Å². The van der Waals surface area contributed by atoms with Gasteiger partial charge in [0, 0.05) is 18.3 Å². The standard InChI is InChI=1S/C24H34N6O6S/c1-14(31)20(24(35)36)30-22(33)18(8-9-37-2)28-23(34)19(11-16-12-26-13-27-16)29-21(32)17(25)10-15-6-4-3-5-7-15/h3-7,12-14,17-20,31H,8-11,25H2,1-2H3,(H,26,27)(H,28,34)(H,29,32)(H,30,33)(H,35,36). The number of aliphatic hydroxyl groups is 1. The van der Waals surface area contributed by atoms with Gasteiger partial charge in [0.2, 0.25) is 17.7 Å². The SMILES string of the molecule is CSCCC(NC(=O)C(Cc1cnc[nH]1)NC(=O)C(N)Cc1ccccc1)C(=O)NC(C(=O)O)C(C)O. The van der Waals surface area contributed by atoms with Gasteiger partial charge in [-0.25, -0.2) is 9.78 Å². The molecular weight excluding hydrogens is 500 g/mol. The fraction of sp³-hybridized carbons (Fsp3) is 0.458. The molecule has 2 rings (SSSR count). The zero-order valence-electron chi connectivity index (χ0n) is 20.7. The molecule has 37 heavy (non-hydrogen) atoms. The van der Waals surface area contributed by atoms with Crippen LogP contribution in [0.4, 0.5) is 0 Å². The number of thioether (sulfide) groups is 1. The smallest absolute Gasteiger partial charge is 0.328 e. The molecule has 5 unspecified atom stereocenters. The van der Waals surface area contributed by atoms with Crippen LogP contribution in [-0.4, -0.2) is 86.2 Å². The van der Waals surface area contributed by atoms with Gasteiger partial charge in [-0.2, -0.15) is 11.8 Å². The highest BCUT2D eigenvalue weighted by Crippen LogP contribution is 2.07. The van der Waals surface area contributed by atoms with E-state index in [1.165, 1.54) is 31.2 Å². The lowest BCUT2D eigenvalue weighted by Gasteiger charge is -2.25. The first-order valence-electron chi connectivity index (χ1n) is 11.7. The Bertz CT molecular complexity index is 1020. The minimum atomic E-state index is -1.54. The number of carbonyl (C=O) groups excluding carboxylic acids is 3. The minimum absolute atomic E-state index is 0.0535. The molecule has 0 aliphatic rings. The predicted molar refractivity (Wildman–Crippen MR) is 139 cm³/mol. The number of amides is 3. The minimum Gasteiger partial charge on any atom is -0.480 e. The number of aromatic amines is 1. The Kier molecular flexibility index (Phi) is 12.1. The van der Waals surface area contributed by atoms with E-state index in [9.17, 15) is 29.4 Å². The molecule has 0 fully saturated rings. The van der Waals surface area contributed by atoms with Gasteiger partial charge in [0.1, 0.15) is 12.1 Å². The van der Waals surface area contributed by atoms with Crippen LogP contribution < -0.4 is 21.7 Å². The summed E-state index contributed by atoms with van der Waals surface area (Å²) in [6, 6.07) is 4.55. The highest BCUT2D eigenvalue weighted by Gasteiger charge is 2.32. The Balaban J connectivity index is 2.16. The Morgan fingerprint density at radius 1 is 1.03 bits per heavy atom. The van der Waals surface area contributed by atoms with Crippen molar-refractivity contribution in [3.63, 3.8) is 0 Å². The summed E-state index contributed by atoms with van der Waals surface area (Å²) < 4.78 is 0. The molecule has 0 saturated heterocycles. The number of aliphatic carboxylic acids is 1. The maximum atomic E-state index is 13.3. The Morgan fingerprint density at radius 3 is 2.24 bits per heavy atom. The van der Waals surface area contributed by atoms with Crippen molar-refractivity contribution in [2.45, 2.75) is 56.5 Å². The number of H-pyrrole nitrogens is 1. The molecule has 0 saturated carbocycles. The van der Waals surface area contributed by atoms with Gasteiger partial charge in [-0.1, -0.05) is 30.3 Å². The van der Waals surface area contributed by atoms with Crippen molar-refractivity contribution in [1.29, 1.82) is 0 Å². The molecule has 2 aromatic rings. The molecule has 0 aliphatic carbocycles. The summed E-state index contributed by atoms with van der Waals surface area (Å²) in [6.45, 7) is 1.24. The molecule has 0 radical (unpaired) electrons. The number of benzene rings is 1. The zero-order valence-corrected chi connectivity index (χ0v) is 21.5. The van der Waals surface area contributed by atoms with Gasteiger partial charge in [-0.15, -0.1) is 0 Å². The highest BCUT2D eigenvalue weighted by molar-refractivity contribution is 7.98. The fourth-order valence-electron chi connectivity index (χ4n) is 3.48. The molecule has 3 amide bonds. The number of carbonyl (C=O) groups is 4. The molecule has 0 bridgehead atoms. The van der Waals surface area contributed by atoms with Crippen molar-refractivity contribution >= 4 is 35.5 Å². The first-order valence-corrected chi connectivity index (χ1v) is 13.1. The van der Waals surface area contributed by atoms with E-state index in [-0.39, 0.29) is 19.3 Å². The van der Waals surface area contributed by atoms with Crippen LogP contribution in [0.25, 0.3) is 0 Å². The van der Waals surface area contributed by atoms with Gasteiger partial charge in [0.25, 0.3) is 0 Å². The van der Waals surface area contributed by atoms with Gasteiger partial charge in [0.05, 0.1) is 18.5 Å². The highest BCUT2D eigenvalue weighted by atomic mass is 32.2. The number of aliphatic hydroxyl groups excluding tert-OH is 1. The molecule has 202 valence electrons. The van der Waals surface area contributed by atoms with Crippen LogP contribution in [0.1, 0.15) is 24.6 Å². The quantitative estimate of drug-likeness (QED) is 0.153. The lowest BCUT2D eigenvalue weighted by Crippen LogP contribution is -2.59. The third kappa shape index (κ3) is 9.86. The second-order valence-electron chi connectivity index (χ2n) is 8.55. The summed E-state index contributed by atoms with van der Waals surface area (Å²) in [5.74, 6) is -2.88. The van der Waals surface area contributed by atoms with E-state index in [0.717, 1.165) is 5.56 Å². The molecule has 8 N–H and O–H groups in total. The van der Waals surface area contributed by atoms with E-state index in [1.807, 2.05) is 36.6 Å². The Morgan fingerprint density at radius 2 is 1.68 bits per heavy atom. The molecule has 1 aromatic carbocycles. The van der Waals surface area contributed by atoms with Gasteiger partial charge < -0.3 is 36.9 Å². The van der Waals surface area contributed by atoms with Crippen LogP contribution in [0.2, 0.25) is 0 Å². The van der Waals surface area contributed by atoms with Crippen LogP contribution in [-0.2, 0) is 32.0 Å². The van der Waals surface area contributed by atoms with Gasteiger partial charge >= 0.3 is 5.97 Å². The second-order valence-corrected chi connectivity index (χ2v) is 9.53. The Hall–Kier alpha value is -3.42. The summed E-state index contributed by atoms with van der Waals surface area (Å²) in [5.41, 5.74) is 7.52. The van der Waals surface area contributed by atoms with E-state index in [1.54, 1.807) is 0 Å². The normalized spacial score (nSPS) is 15.0. The summed E-state index contributed by atoms with van der Waals surface area (Å²) in [6.07, 6.45) is 3.93. The number of aromatic nitrogens is 2. The summed E-state index contributed by atoms with van der Waals surface area (Å²) in [4.78, 5) is 57.2. The molecule has 1 heterocycles. The molecule has 1 aromatic heterocycles. The lowest BCUT2D eigenvalue weighted by atomic mass is 10.0. The number of carboxylic acids is 1. The van der Waals surface area contributed by atoms with Crippen molar-refractivity contribution in [3.8, 4) is 0 Å². The average molecular weight is 535 g/mol. The summed E-state index contributed by atoms with van der Waals surface area (Å²) >= 11 is 1.44. The molecule has 0 aliphatic heterocycles. The third-order valence-corrected chi connectivity index (χ3v) is 6.18. The first-order chi connectivity index (χ1) is 17.6. The number of imidazole rings is 1. The zero-order chi connectivity index (χ0) is 27.4. The maximum Gasteiger partial charge on any atom is 0.328 e. The lowest BCUT2D eigenvalue weighted by molar-refractivity contribution is -0.145. The molecule has 0 spiro atoms. The molecular formula is C24H34N6O6S. The number of hydrogen-bond donors (Lipinski definition) is 7. The van der Waals surface area contributed by atoms with Crippen LogP contribution in [0.3, 0.4) is 0 Å². The van der Waals surface area contributed by atoms with Crippen LogP contribution in [0.15, 0.2) is 42.9 Å². The van der Waals surface area contributed by atoms with Crippen molar-refractivity contribution in [1.82, 2.24) is 25.9 Å². The van der Waals surface area contributed by atoms with E-state index in [0.29, 0.717) is 11.4 Å². The van der Waals surface area contributed by atoms with Crippen LogP contribution >= 0.6 is 11.8 Å². The van der Waals surface area contributed by atoms with E-state index in [2.05, 4.69) is 25.9 Å². The van der Waals surface area contributed by atoms with Crippen molar-refractivity contribution < 1.29 is 29.4 Å². The monoisotopic (exact) mass is 534 g/mol. The fourth-order valence-corrected chi connectivity index (χ4v) is 3.96. The average Bonchev–Trinajstić information content (AvgIpc) is 3.37. The van der Waals surface area contributed by atoms with Gasteiger partial charge in [-0.3, -0.25) is 14.4 Å². The van der Waals surface area contributed by atoms with Crippen LogP contribution in [0.5, 0.6) is 0 Å². The topological polar surface area (TPSA) is 200 Å².